The highest BCUT2D eigenvalue weighted by molar-refractivity contribution is 5.74. The highest BCUT2D eigenvalue weighted by Gasteiger charge is 2.37. The van der Waals surface area contributed by atoms with Crippen LogP contribution in [0.1, 0.15) is 40.5 Å². The van der Waals surface area contributed by atoms with Gasteiger partial charge in [0.2, 0.25) is 5.88 Å². The van der Waals surface area contributed by atoms with Crippen LogP contribution >= 0.6 is 0 Å². The number of nitrogens with zero attached hydrogens (tertiary/aromatic N) is 3. The second-order valence-corrected chi connectivity index (χ2v) is 9.76. The fraction of sp³-hybridized carbons (Fsp3) is 0.400. The molecule has 1 fully saturated rings. The van der Waals surface area contributed by atoms with E-state index in [1.54, 1.807) is 19.4 Å². The lowest BCUT2D eigenvalue weighted by molar-refractivity contribution is 0.170. The molecule has 7 heteroatoms. The molecule has 0 saturated carbocycles. The van der Waals surface area contributed by atoms with Crippen LogP contribution in [0.15, 0.2) is 48.7 Å². The summed E-state index contributed by atoms with van der Waals surface area (Å²) in [6, 6.07) is 13.3. The summed E-state index contributed by atoms with van der Waals surface area (Å²) in [6.07, 6.45) is 3.69. The number of aromatic nitrogens is 3. The van der Waals surface area contributed by atoms with Crippen LogP contribution in [0.25, 0.3) is 22.4 Å². The van der Waals surface area contributed by atoms with Crippen LogP contribution in [0.4, 0.5) is 5.82 Å². The Morgan fingerprint density at radius 2 is 1.69 bits per heavy atom. The van der Waals surface area contributed by atoms with E-state index in [9.17, 15) is 5.11 Å². The Labute approximate surface area is 189 Å². The van der Waals surface area contributed by atoms with E-state index in [1.807, 2.05) is 36.4 Å². The largest absolute Gasteiger partial charge is 0.507 e. The van der Waals surface area contributed by atoms with Crippen LogP contribution in [0.3, 0.4) is 0 Å². The summed E-state index contributed by atoms with van der Waals surface area (Å²) in [5.74, 6) is 1.42. The number of piperidine rings is 1. The van der Waals surface area contributed by atoms with Gasteiger partial charge >= 0.3 is 0 Å². The first-order valence-electron chi connectivity index (χ1n) is 10.9. The fourth-order valence-electron chi connectivity index (χ4n) is 4.81. The van der Waals surface area contributed by atoms with Crippen molar-refractivity contribution in [2.24, 2.45) is 0 Å². The molecule has 1 aliphatic heterocycles. The van der Waals surface area contributed by atoms with Crippen molar-refractivity contribution in [3.8, 4) is 34.0 Å². The number of hydrogen-bond donors (Lipinski definition) is 3. The molecule has 0 bridgehead atoms. The average Bonchev–Trinajstić information content (AvgIpc) is 2.72. The number of methoxy groups -OCH3 is 1. The first-order chi connectivity index (χ1) is 15.1. The van der Waals surface area contributed by atoms with E-state index in [4.69, 9.17) is 4.74 Å². The van der Waals surface area contributed by atoms with Gasteiger partial charge in [-0.3, -0.25) is 0 Å². The van der Waals surface area contributed by atoms with Gasteiger partial charge in [-0.25, -0.2) is 4.98 Å². The van der Waals surface area contributed by atoms with Crippen molar-refractivity contribution in [2.45, 2.75) is 57.7 Å². The number of phenolic OH excluding ortho intramolecular Hbond substituents is 1. The third-order valence-corrected chi connectivity index (χ3v) is 5.76. The number of ether oxygens (including phenoxy) is 1. The molecule has 0 atom stereocenters. The predicted octanol–water partition coefficient (Wildman–Crippen LogP) is 4.64. The molecule has 2 aromatic heterocycles. The van der Waals surface area contributed by atoms with Crippen LogP contribution < -0.4 is 15.4 Å². The second-order valence-electron chi connectivity index (χ2n) is 9.76. The van der Waals surface area contributed by atoms with Crippen molar-refractivity contribution in [1.82, 2.24) is 20.5 Å². The smallest absolute Gasteiger partial charge is 0.213 e. The van der Waals surface area contributed by atoms with Gasteiger partial charge in [0.05, 0.1) is 12.8 Å². The van der Waals surface area contributed by atoms with Crippen LogP contribution in [0.5, 0.6) is 11.6 Å². The molecule has 0 aliphatic carbocycles. The summed E-state index contributed by atoms with van der Waals surface area (Å²) >= 11 is 0. The maximum Gasteiger partial charge on any atom is 0.213 e. The second kappa shape index (κ2) is 8.39. The number of anilines is 1. The normalized spacial score (nSPS) is 17.7. The van der Waals surface area contributed by atoms with Crippen LogP contribution in [0, 0.1) is 0 Å². The van der Waals surface area contributed by atoms with E-state index in [-0.39, 0.29) is 16.8 Å². The zero-order chi connectivity index (χ0) is 22.9. The molecule has 0 unspecified atom stereocenters. The molecule has 3 N–H and O–H groups in total. The van der Waals surface area contributed by atoms with Crippen molar-refractivity contribution in [3.63, 3.8) is 0 Å². The summed E-state index contributed by atoms with van der Waals surface area (Å²) < 4.78 is 5.19. The average molecular weight is 434 g/mol. The molecule has 32 heavy (non-hydrogen) atoms. The van der Waals surface area contributed by atoms with Gasteiger partial charge in [0.1, 0.15) is 11.6 Å². The van der Waals surface area contributed by atoms with Crippen molar-refractivity contribution >= 4 is 5.82 Å². The molecule has 0 radical (unpaired) electrons. The van der Waals surface area contributed by atoms with Gasteiger partial charge in [0.25, 0.3) is 0 Å². The first kappa shape index (κ1) is 22.0. The van der Waals surface area contributed by atoms with Crippen LogP contribution in [-0.2, 0) is 0 Å². The Balaban J connectivity index is 1.50. The van der Waals surface area contributed by atoms with Gasteiger partial charge in [-0.05, 0) is 82.0 Å². The molecular formula is C25H31N5O2. The lowest BCUT2D eigenvalue weighted by atomic mass is 9.79. The number of benzene rings is 1. The maximum absolute atomic E-state index is 10.6. The molecule has 4 rings (SSSR count). The standard InChI is InChI=1S/C25H31N5O2/c1-24(2)14-18(15-25(3,4)30-24)27-22-9-8-20(28-29-22)19-7-6-16(12-21(19)31)17-10-11-26-23(13-17)32-5/h6-13,18,30-31H,14-15H2,1-5H3,(H,27,29). The third-order valence-electron chi connectivity index (χ3n) is 5.76. The fourth-order valence-corrected chi connectivity index (χ4v) is 4.81. The molecular weight excluding hydrogens is 402 g/mol. The van der Waals surface area contributed by atoms with Crippen molar-refractivity contribution in [2.75, 3.05) is 12.4 Å². The molecule has 1 aromatic carbocycles. The third kappa shape index (κ3) is 4.99. The molecule has 1 aliphatic rings. The Morgan fingerprint density at radius 1 is 0.969 bits per heavy atom. The van der Waals surface area contributed by atoms with E-state index in [1.165, 1.54) is 0 Å². The maximum atomic E-state index is 10.6. The number of aromatic hydroxyl groups is 1. The number of phenols is 1. The van der Waals surface area contributed by atoms with Crippen LogP contribution in [-0.4, -0.2) is 44.5 Å². The zero-order valence-corrected chi connectivity index (χ0v) is 19.3. The molecule has 3 heterocycles. The summed E-state index contributed by atoms with van der Waals surface area (Å²) in [5.41, 5.74) is 3.15. The van der Waals surface area contributed by atoms with Gasteiger partial charge in [0.15, 0.2) is 0 Å². The lowest BCUT2D eigenvalue weighted by Gasteiger charge is -2.46. The molecule has 0 amide bonds. The number of pyridine rings is 1. The minimum Gasteiger partial charge on any atom is -0.507 e. The van der Waals surface area contributed by atoms with E-state index in [2.05, 4.69) is 53.5 Å². The molecule has 3 aromatic rings. The quantitative estimate of drug-likeness (QED) is 0.540. The summed E-state index contributed by atoms with van der Waals surface area (Å²) in [6.45, 7) is 8.91. The van der Waals surface area contributed by atoms with Gasteiger partial charge in [0, 0.05) is 34.9 Å². The summed E-state index contributed by atoms with van der Waals surface area (Å²) in [4.78, 5) is 4.12. The zero-order valence-electron chi connectivity index (χ0n) is 19.3. The predicted molar refractivity (Wildman–Crippen MR) is 127 cm³/mol. The van der Waals surface area contributed by atoms with Gasteiger partial charge in [-0.2, -0.15) is 0 Å². The molecule has 7 nitrogen and oxygen atoms in total. The van der Waals surface area contributed by atoms with E-state index < -0.39 is 0 Å². The van der Waals surface area contributed by atoms with Crippen molar-refractivity contribution < 1.29 is 9.84 Å². The number of rotatable bonds is 5. The van der Waals surface area contributed by atoms with Gasteiger partial charge in [-0.15, -0.1) is 10.2 Å². The van der Waals surface area contributed by atoms with E-state index >= 15 is 0 Å². The Morgan fingerprint density at radius 3 is 2.31 bits per heavy atom. The highest BCUT2D eigenvalue weighted by atomic mass is 16.5. The topological polar surface area (TPSA) is 92.2 Å². The lowest BCUT2D eigenvalue weighted by Crippen LogP contribution is -2.60. The Bertz CT molecular complexity index is 1080. The molecule has 0 spiro atoms. The van der Waals surface area contributed by atoms with E-state index in [0.29, 0.717) is 23.2 Å². The first-order valence-corrected chi connectivity index (χ1v) is 10.9. The van der Waals surface area contributed by atoms with Crippen LogP contribution in [0.2, 0.25) is 0 Å². The van der Waals surface area contributed by atoms with Crippen molar-refractivity contribution in [1.29, 1.82) is 0 Å². The monoisotopic (exact) mass is 433 g/mol. The highest BCUT2D eigenvalue weighted by Crippen LogP contribution is 2.34. The Hall–Kier alpha value is -3.19. The number of hydrogen-bond acceptors (Lipinski definition) is 7. The van der Waals surface area contributed by atoms with Crippen molar-refractivity contribution in [3.05, 3.63) is 48.7 Å². The summed E-state index contributed by atoms with van der Waals surface area (Å²) in [5, 5.41) is 26.6. The number of nitrogens with one attached hydrogen (secondary N) is 2. The minimum atomic E-state index is 0.0547. The molecule has 168 valence electrons. The SMILES string of the molecule is COc1cc(-c2ccc(-c3ccc(NC4CC(C)(C)NC(C)(C)C4)nn3)c(O)c2)ccn1. The van der Waals surface area contributed by atoms with Gasteiger partial charge in [-0.1, -0.05) is 6.07 Å². The minimum absolute atomic E-state index is 0.0547. The summed E-state index contributed by atoms with van der Waals surface area (Å²) in [7, 11) is 1.58. The van der Waals surface area contributed by atoms with Gasteiger partial charge < -0.3 is 20.5 Å². The molecule has 1 saturated heterocycles. The van der Waals surface area contributed by atoms with E-state index in [0.717, 1.165) is 29.8 Å². The Kier molecular flexibility index (Phi) is 5.77.